The van der Waals surface area contributed by atoms with Crippen molar-refractivity contribution in [2.45, 2.75) is 38.2 Å². The average molecular weight is 170 g/mol. The van der Waals surface area contributed by atoms with Crippen LogP contribution in [0.1, 0.15) is 32.1 Å². The molecule has 0 aromatic carbocycles. The second-order valence-corrected chi connectivity index (χ2v) is 3.21. The molecule has 0 fully saturated rings. The average Bonchev–Trinajstić information content (AvgIpc) is 2.02. The Kier molecular flexibility index (Phi) is 5.04. The number of rotatable bonds is 3. The van der Waals surface area contributed by atoms with Gasteiger partial charge in [0.25, 0.3) is 0 Å². The van der Waals surface area contributed by atoms with E-state index in [1.807, 2.05) is 0 Å². The fourth-order valence-electron chi connectivity index (χ4n) is 1.49. The maximum absolute atomic E-state index is 8.58. The molecule has 0 spiro atoms. The summed E-state index contributed by atoms with van der Waals surface area (Å²) < 4.78 is 5.47. The molecule has 0 aliphatic heterocycles. The van der Waals surface area contributed by atoms with Crippen molar-refractivity contribution in [2.75, 3.05) is 13.2 Å². The van der Waals surface area contributed by atoms with Crippen molar-refractivity contribution in [3.05, 3.63) is 12.2 Å². The predicted molar refractivity (Wildman–Crippen MR) is 49.1 cm³/mol. The van der Waals surface area contributed by atoms with Gasteiger partial charge in [0.2, 0.25) is 0 Å². The van der Waals surface area contributed by atoms with Crippen molar-refractivity contribution in [1.82, 2.24) is 0 Å². The van der Waals surface area contributed by atoms with Crippen molar-refractivity contribution in [1.29, 1.82) is 0 Å². The van der Waals surface area contributed by atoms with Gasteiger partial charge >= 0.3 is 0 Å². The van der Waals surface area contributed by atoms with Gasteiger partial charge in [-0.15, -0.1) is 0 Å². The van der Waals surface area contributed by atoms with Crippen LogP contribution in [0.2, 0.25) is 0 Å². The van der Waals surface area contributed by atoms with Crippen molar-refractivity contribution in [3.8, 4) is 0 Å². The van der Waals surface area contributed by atoms with Gasteiger partial charge in [-0.3, -0.25) is 0 Å². The fraction of sp³-hybridized carbons (Fsp3) is 0.800. The van der Waals surface area contributed by atoms with E-state index in [9.17, 15) is 0 Å². The molecular weight excluding hydrogens is 152 g/mol. The SMILES string of the molecule is OCCOC1C/C=C\CCCC1. The minimum atomic E-state index is 0.139. The van der Waals surface area contributed by atoms with E-state index in [2.05, 4.69) is 12.2 Å². The fourth-order valence-corrected chi connectivity index (χ4v) is 1.49. The summed E-state index contributed by atoms with van der Waals surface area (Å²) >= 11 is 0. The third-order valence-electron chi connectivity index (χ3n) is 2.16. The van der Waals surface area contributed by atoms with E-state index >= 15 is 0 Å². The summed E-state index contributed by atoms with van der Waals surface area (Å²) in [5.41, 5.74) is 0. The van der Waals surface area contributed by atoms with Crippen LogP contribution in [0.15, 0.2) is 12.2 Å². The lowest BCUT2D eigenvalue weighted by molar-refractivity contribution is 0.0241. The molecule has 0 amide bonds. The van der Waals surface area contributed by atoms with Gasteiger partial charge in [-0.05, 0) is 25.7 Å². The van der Waals surface area contributed by atoms with Crippen LogP contribution < -0.4 is 0 Å². The number of aliphatic hydroxyl groups is 1. The zero-order chi connectivity index (χ0) is 8.65. The molecule has 1 atom stereocenters. The number of hydrogen-bond donors (Lipinski definition) is 1. The number of aliphatic hydroxyl groups excluding tert-OH is 1. The zero-order valence-corrected chi connectivity index (χ0v) is 7.54. The molecule has 1 unspecified atom stereocenters. The van der Waals surface area contributed by atoms with Crippen LogP contribution in [0.3, 0.4) is 0 Å². The van der Waals surface area contributed by atoms with Gasteiger partial charge in [0.15, 0.2) is 0 Å². The summed E-state index contributed by atoms with van der Waals surface area (Å²) in [6, 6.07) is 0. The number of ether oxygens (including phenoxy) is 1. The normalized spacial score (nSPS) is 27.6. The molecule has 1 aliphatic rings. The summed E-state index contributed by atoms with van der Waals surface area (Å²) in [5.74, 6) is 0. The van der Waals surface area contributed by atoms with E-state index in [0.717, 1.165) is 12.8 Å². The van der Waals surface area contributed by atoms with E-state index in [1.165, 1.54) is 19.3 Å². The maximum Gasteiger partial charge on any atom is 0.0701 e. The Labute approximate surface area is 74.2 Å². The minimum absolute atomic E-state index is 0.139. The molecule has 70 valence electrons. The maximum atomic E-state index is 8.58. The van der Waals surface area contributed by atoms with Gasteiger partial charge in [0.05, 0.1) is 19.3 Å². The minimum Gasteiger partial charge on any atom is -0.394 e. The first kappa shape index (κ1) is 9.75. The molecule has 0 heterocycles. The molecule has 1 rings (SSSR count). The van der Waals surface area contributed by atoms with Crippen LogP contribution in [0, 0.1) is 0 Å². The smallest absolute Gasteiger partial charge is 0.0701 e. The summed E-state index contributed by atoms with van der Waals surface area (Å²) in [4.78, 5) is 0. The van der Waals surface area contributed by atoms with E-state index < -0.39 is 0 Å². The van der Waals surface area contributed by atoms with Crippen molar-refractivity contribution < 1.29 is 9.84 Å². The molecule has 0 saturated carbocycles. The van der Waals surface area contributed by atoms with Crippen LogP contribution in [-0.4, -0.2) is 24.4 Å². The first-order chi connectivity index (χ1) is 5.93. The Bertz CT molecular complexity index is 132. The third kappa shape index (κ3) is 3.88. The molecule has 12 heavy (non-hydrogen) atoms. The number of hydrogen-bond acceptors (Lipinski definition) is 2. The predicted octanol–water partition coefficient (Wildman–Crippen LogP) is 1.88. The lowest BCUT2D eigenvalue weighted by Crippen LogP contribution is -2.15. The van der Waals surface area contributed by atoms with Crippen LogP contribution >= 0.6 is 0 Å². The van der Waals surface area contributed by atoms with E-state index in [0.29, 0.717) is 12.7 Å². The van der Waals surface area contributed by atoms with Crippen molar-refractivity contribution in [3.63, 3.8) is 0 Å². The van der Waals surface area contributed by atoms with E-state index in [4.69, 9.17) is 9.84 Å². The summed E-state index contributed by atoms with van der Waals surface area (Å²) in [6.07, 6.45) is 10.7. The van der Waals surface area contributed by atoms with Gasteiger partial charge < -0.3 is 9.84 Å². The quantitative estimate of drug-likeness (QED) is 0.655. The lowest BCUT2D eigenvalue weighted by Gasteiger charge is -2.16. The molecule has 0 aromatic heterocycles. The zero-order valence-electron chi connectivity index (χ0n) is 7.54. The first-order valence-electron chi connectivity index (χ1n) is 4.81. The van der Waals surface area contributed by atoms with E-state index in [-0.39, 0.29) is 6.61 Å². The Balaban J connectivity index is 2.20. The largest absolute Gasteiger partial charge is 0.394 e. The van der Waals surface area contributed by atoms with Crippen molar-refractivity contribution >= 4 is 0 Å². The standard InChI is InChI=1S/C10H18O2/c11-8-9-12-10-6-4-2-1-3-5-7-10/h2,4,10-11H,1,3,5-9H2/b4-2-. The Morgan fingerprint density at radius 3 is 3.08 bits per heavy atom. The summed E-state index contributed by atoms with van der Waals surface area (Å²) in [5, 5.41) is 8.58. The Morgan fingerprint density at radius 2 is 2.25 bits per heavy atom. The molecule has 2 nitrogen and oxygen atoms in total. The first-order valence-corrected chi connectivity index (χ1v) is 4.81. The van der Waals surface area contributed by atoms with Crippen molar-refractivity contribution in [2.24, 2.45) is 0 Å². The highest BCUT2D eigenvalue weighted by Gasteiger charge is 2.07. The van der Waals surface area contributed by atoms with Crippen LogP contribution in [0.5, 0.6) is 0 Å². The van der Waals surface area contributed by atoms with Crippen LogP contribution in [0.4, 0.5) is 0 Å². The molecule has 0 aromatic rings. The van der Waals surface area contributed by atoms with Gasteiger partial charge in [0, 0.05) is 0 Å². The van der Waals surface area contributed by atoms with E-state index in [1.54, 1.807) is 0 Å². The second kappa shape index (κ2) is 6.21. The Hall–Kier alpha value is -0.340. The summed E-state index contributed by atoms with van der Waals surface area (Å²) in [6.45, 7) is 0.624. The highest BCUT2D eigenvalue weighted by molar-refractivity contribution is 4.86. The highest BCUT2D eigenvalue weighted by Crippen LogP contribution is 2.14. The molecule has 1 N–H and O–H groups in total. The third-order valence-corrected chi connectivity index (χ3v) is 2.16. The van der Waals surface area contributed by atoms with Gasteiger partial charge in [-0.1, -0.05) is 18.6 Å². The molecule has 0 radical (unpaired) electrons. The highest BCUT2D eigenvalue weighted by atomic mass is 16.5. The molecule has 2 heteroatoms. The molecule has 1 aliphatic carbocycles. The monoisotopic (exact) mass is 170 g/mol. The van der Waals surface area contributed by atoms with Gasteiger partial charge in [-0.2, -0.15) is 0 Å². The second-order valence-electron chi connectivity index (χ2n) is 3.21. The number of allylic oxidation sites excluding steroid dienone is 1. The van der Waals surface area contributed by atoms with Crippen LogP contribution in [-0.2, 0) is 4.74 Å². The molecular formula is C10H18O2. The lowest BCUT2D eigenvalue weighted by atomic mass is 10.0. The Morgan fingerprint density at radius 1 is 1.33 bits per heavy atom. The molecule has 0 saturated heterocycles. The van der Waals surface area contributed by atoms with Gasteiger partial charge in [0.1, 0.15) is 0 Å². The molecule has 0 bridgehead atoms. The summed E-state index contributed by atoms with van der Waals surface area (Å²) in [7, 11) is 0. The van der Waals surface area contributed by atoms with Gasteiger partial charge in [-0.25, -0.2) is 0 Å². The van der Waals surface area contributed by atoms with Crippen LogP contribution in [0.25, 0.3) is 0 Å². The topological polar surface area (TPSA) is 29.5 Å².